The maximum absolute atomic E-state index is 12.3. The number of nitrogens with zero attached hydrogens (tertiary/aromatic N) is 2. The number of rotatable bonds is 5. The van der Waals surface area contributed by atoms with Crippen LogP contribution in [0.5, 0.6) is 0 Å². The van der Waals surface area contributed by atoms with Gasteiger partial charge in [0.1, 0.15) is 5.82 Å². The fraction of sp³-hybridized carbons (Fsp3) is 0.0476. The van der Waals surface area contributed by atoms with Gasteiger partial charge in [0.2, 0.25) is 0 Å². The molecule has 2 aromatic carbocycles. The van der Waals surface area contributed by atoms with Crippen molar-refractivity contribution in [3.63, 3.8) is 0 Å². The first kappa shape index (κ1) is 17.4. The number of hydrogen-bond acceptors (Lipinski definition) is 5. The van der Waals surface area contributed by atoms with Crippen LogP contribution in [-0.4, -0.2) is 33.4 Å². The predicted octanol–water partition coefficient (Wildman–Crippen LogP) is 3.42. The molecule has 0 aliphatic rings. The Kier molecular flexibility index (Phi) is 4.79. The fourth-order valence-corrected chi connectivity index (χ4v) is 2.71. The Morgan fingerprint density at radius 3 is 2.68 bits per heavy atom. The van der Waals surface area contributed by atoms with Gasteiger partial charge >= 0.3 is 5.97 Å². The molecule has 7 nitrogen and oxygen atoms in total. The van der Waals surface area contributed by atoms with E-state index in [0.29, 0.717) is 22.6 Å². The number of benzene rings is 2. The van der Waals surface area contributed by atoms with Crippen LogP contribution >= 0.6 is 0 Å². The Balaban J connectivity index is 1.43. The summed E-state index contributed by atoms with van der Waals surface area (Å²) in [6, 6.07) is 17.7. The summed E-state index contributed by atoms with van der Waals surface area (Å²) in [7, 11) is 0. The van der Waals surface area contributed by atoms with Crippen LogP contribution in [0.15, 0.2) is 73.1 Å². The number of fused-ring (bicyclic) bond motifs is 1. The maximum atomic E-state index is 12.3. The molecule has 7 heteroatoms. The van der Waals surface area contributed by atoms with E-state index in [1.54, 1.807) is 54.9 Å². The Hall–Kier alpha value is -4.00. The number of hydrogen-bond donors (Lipinski definition) is 2. The highest BCUT2D eigenvalue weighted by Gasteiger charge is 2.13. The molecule has 0 saturated heterocycles. The zero-order valence-electron chi connectivity index (χ0n) is 14.8. The number of esters is 1. The quantitative estimate of drug-likeness (QED) is 0.523. The van der Waals surface area contributed by atoms with Crippen LogP contribution in [0.3, 0.4) is 0 Å². The van der Waals surface area contributed by atoms with Gasteiger partial charge in [-0.25, -0.2) is 9.78 Å². The molecule has 2 aromatic heterocycles. The number of para-hydroxylation sites is 1. The standard InChI is InChI=1S/C21H16N4O3/c26-19(23-16-6-2-1-3-7-16)13-28-21(27)14-8-9-17-18(11-14)25-20(24-17)15-5-4-10-22-12-15/h1-12H,13H2,(H,23,26)(H,24,25). The molecule has 4 aromatic rings. The summed E-state index contributed by atoms with van der Waals surface area (Å²) in [4.78, 5) is 35.9. The van der Waals surface area contributed by atoms with Crippen LogP contribution in [0.2, 0.25) is 0 Å². The highest BCUT2D eigenvalue weighted by molar-refractivity contribution is 5.97. The van der Waals surface area contributed by atoms with Crippen LogP contribution < -0.4 is 5.32 Å². The molecule has 0 unspecified atom stereocenters. The summed E-state index contributed by atoms with van der Waals surface area (Å²) >= 11 is 0. The average molecular weight is 372 g/mol. The second-order valence-corrected chi connectivity index (χ2v) is 6.05. The summed E-state index contributed by atoms with van der Waals surface area (Å²) in [6.45, 7) is -0.365. The third kappa shape index (κ3) is 3.88. The topological polar surface area (TPSA) is 97.0 Å². The van der Waals surface area contributed by atoms with Crippen molar-refractivity contribution in [3.05, 3.63) is 78.6 Å². The molecular weight excluding hydrogens is 356 g/mol. The lowest BCUT2D eigenvalue weighted by molar-refractivity contribution is -0.119. The number of ether oxygens (including phenoxy) is 1. The van der Waals surface area contributed by atoms with E-state index in [1.165, 1.54) is 0 Å². The van der Waals surface area contributed by atoms with Crippen LogP contribution in [-0.2, 0) is 9.53 Å². The average Bonchev–Trinajstić information content (AvgIpc) is 3.17. The van der Waals surface area contributed by atoms with Gasteiger partial charge in [-0.1, -0.05) is 18.2 Å². The van der Waals surface area contributed by atoms with E-state index >= 15 is 0 Å². The Bertz CT molecular complexity index is 1120. The molecule has 0 bridgehead atoms. The van der Waals surface area contributed by atoms with E-state index in [-0.39, 0.29) is 6.61 Å². The van der Waals surface area contributed by atoms with E-state index in [0.717, 1.165) is 11.1 Å². The van der Waals surface area contributed by atoms with Crippen molar-refractivity contribution >= 4 is 28.6 Å². The molecule has 2 N–H and O–H groups in total. The number of carbonyl (C=O) groups is 2. The molecule has 0 fully saturated rings. The summed E-state index contributed by atoms with van der Waals surface area (Å²) in [5, 5.41) is 2.66. The van der Waals surface area contributed by atoms with Crippen molar-refractivity contribution in [2.24, 2.45) is 0 Å². The highest BCUT2D eigenvalue weighted by Crippen LogP contribution is 2.21. The van der Waals surface area contributed by atoms with E-state index in [2.05, 4.69) is 20.3 Å². The number of imidazole rings is 1. The monoisotopic (exact) mass is 372 g/mol. The van der Waals surface area contributed by atoms with E-state index < -0.39 is 11.9 Å². The smallest absolute Gasteiger partial charge is 0.338 e. The van der Waals surface area contributed by atoms with Crippen molar-refractivity contribution in [2.45, 2.75) is 0 Å². The number of aromatic amines is 1. The Labute approximate surface area is 160 Å². The molecule has 138 valence electrons. The van der Waals surface area contributed by atoms with Gasteiger partial charge < -0.3 is 15.0 Å². The number of anilines is 1. The molecule has 0 aliphatic heterocycles. The van der Waals surface area contributed by atoms with E-state index in [4.69, 9.17) is 4.74 Å². The Morgan fingerprint density at radius 1 is 1.04 bits per heavy atom. The summed E-state index contributed by atoms with van der Waals surface area (Å²) < 4.78 is 5.11. The first-order chi connectivity index (χ1) is 13.7. The van der Waals surface area contributed by atoms with Crippen molar-refractivity contribution in [1.29, 1.82) is 0 Å². The summed E-state index contributed by atoms with van der Waals surface area (Å²) in [5.41, 5.74) is 3.24. The first-order valence-electron chi connectivity index (χ1n) is 8.61. The van der Waals surface area contributed by atoms with E-state index in [9.17, 15) is 9.59 Å². The minimum Gasteiger partial charge on any atom is -0.452 e. The largest absolute Gasteiger partial charge is 0.452 e. The van der Waals surface area contributed by atoms with Crippen molar-refractivity contribution in [3.8, 4) is 11.4 Å². The first-order valence-corrected chi connectivity index (χ1v) is 8.61. The number of carbonyl (C=O) groups excluding carboxylic acids is 2. The molecule has 0 saturated carbocycles. The van der Waals surface area contributed by atoms with Crippen molar-refractivity contribution < 1.29 is 14.3 Å². The van der Waals surface area contributed by atoms with Gasteiger partial charge in [-0.2, -0.15) is 0 Å². The minimum absolute atomic E-state index is 0.335. The zero-order chi connectivity index (χ0) is 19.3. The zero-order valence-corrected chi connectivity index (χ0v) is 14.8. The van der Waals surface area contributed by atoms with Crippen molar-refractivity contribution in [1.82, 2.24) is 15.0 Å². The third-order valence-electron chi connectivity index (χ3n) is 4.04. The fourth-order valence-electron chi connectivity index (χ4n) is 2.71. The molecule has 1 amide bonds. The molecule has 0 aliphatic carbocycles. The summed E-state index contributed by atoms with van der Waals surface area (Å²) in [6.07, 6.45) is 3.40. The highest BCUT2D eigenvalue weighted by atomic mass is 16.5. The number of pyridine rings is 1. The molecule has 0 radical (unpaired) electrons. The second kappa shape index (κ2) is 7.71. The van der Waals surface area contributed by atoms with Crippen molar-refractivity contribution in [2.75, 3.05) is 11.9 Å². The van der Waals surface area contributed by atoms with Crippen LogP contribution in [0.25, 0.3) is 22.4 Å². The second-order valence-electron chi connectivity index (χ2n) is 6.05. The SMILES string of the molecule is O=C(COC(=O)c1ccc2nc(-c3cccnc3)[nH]c2c1)Nc1ccccc1. The van der Waals surface area contributed by atoms with Gasteiger partial charge in [0.25, 0.3) is 5.91 Å². The van der Waals surface area contributed by atoms with Gasteiger partial charge in [0.15, 0.2) is 6.61 Å². The van der Waals surface area contributed by atoms with Gasteiger partial charge in [-0.3, -0.25) is 9.78 Å². The maximum Gasteiger partial charge on any atom is 0.338 e. The number of H-pyrrole nitrogens is 1. The van der Waals surface area contributed by atoms with Crippen LogP contribution in [0.4, 0.5) is 5.69 Å². The molecule has 28 heavy (non-hydrogen) atoms. The van der Waals surface area contributed by atoms with E-state index in [1.807, 2.05) is 18.2 Å². The van der Waals surface area contributed by atoms with Gasteiger partial charge in [0, 0.05) is 23.6 Å². The summed E-state index contributed by atoms with van der Waals surface area (Å²) in [5.74, 6) is -0.320. The Morgan fingerprint density at radius 2 is 1.89 bits per heavy atom. The lowest BCUT2D eigenvalue weighted by Gasteiger charge is -2.06. The lowest BCUT2D eigenvalue weighted by atomic mass is 10.2. The molecule has 4 rings (SSSR count). The minimum atomic E-state index is -0.581. The van der Waals surface area contributed by atoms with Crippen LogP contribution in [0.1, 0.15) is 10.4 Å². The lowest BCUT2D eigenvalue weighted by Crippen LogP contribution is -2.20. The molecular formula is C21H16N4O3. The van der Waals surface area contributed by atoms with Gasteiger partial charge in [-0.15, -0.1) is 0 Å². The number of aromatic nitrogens is 3. The normalized spacial score (nSPS) is 10.6. The molecule has 2 heterocycles. The molecule has 0 spiro atoms. The molecule has 0 atom stereocenters. The third-order valence-corrected chi connectivity index (χ3v) is 4.04. The van der Waals surface area contributed by atoms with Gasteiger partial charge in [0.05, 0.1) is 16.6 Å². The van der Waals surface area contributed by atoms with Gasteiger partial charge in [-0.05, 0) is 42.5 Å². The van der Waals surface area contributed by atoms with Crippen LogP contribution in [0, 0.1) is 0 Å². The predicted molar refractivity (Wildman–Crippen MR) is 105 cm³/mol. The number of nitrogens with one attached hydrogen (secondary N) is 2. The number of amides is 1.